The van der Waals surface area contributed by atoms with Gasteiger partial charge in [-0.05, 0) is 36.8 Å². The number of imidazole rings is 1. The number of aryl methyl sites for hydroxylation is 1. The van der Waals surface area contributed by atoms with Crippen molar-refractivity contribution in [1.82, 2.24) is 9.55 Å². The number of aromatic nitrogens is 2. The fourth-order valence-corrected chi connectivity index (χ4v) is 2.88. The number of para-hydroxylation sites is 1. The van der Waals surface area contributed by atoms with Crippen LogP contribution in [0, 0.1) is 18.3 Å². The molecule has 0 unspecified atom stereocenters. The van der Waals surface area contributed by atoms with Gasteiger partial charge in [0.15, 0.2) is 0 Å². The number of fused-ring (bicyclic) bond motifs is 1. The van der Waals surface area contributed by atoms with Crippen LogP contribution in [-0.2, 0) is 5.88 Å². The quantitative estimate of drug-likeness (QED) is 0.621. The van der Waals surface area contributed by atoms with Crippen LogP contribution in [-0.4, -0.2) is 9.55 Å². The average Bonchev–Trinajstić information content (AvgIpc) is 2.88. The molecule has 0 bridgehead atoms. The van der Waals surface area contributed by atoms with E-state index in [1.165, 1.54) is 0 Å². The number of alkyl halides is 1. The van der Waals surface area contributed by atoms with E-state index in [1.54, 1.807) is 6.07 Å². The van der Waals surface area contributed by atoms with E-state index < -0.39 is 0 Å². The average molecular weight is 361 g/mol. The molecule has 0 radical (unpaired) electrons. The zero-order valence-electron chi connectivity index (χ0n) is 11.3. The molecule has 0 N–H and O–H groups in total. The lowest BCUT2D eigenvalue weighted by Crippen LogP contribution is -1.99. The van der Waals surface area contributed by atoms with Crippen molar-refractivity contribution in [2.75, 3.05) is 0 Å². The van der Waals surface area contributed by atoms with E-state index in [2.05, 4.69) is 27.0 Å². The van der Waals surface area contributed by atoms with Crippen LogP contribution in [0.15, 0.2) is 40.9 Å². The molecular formula is C16H11BrClN3. The predicted molar refractivity (Wildman–Crippen MR) is 87.8 cm³/mol. The summed E-state index contributed by atoms with van der Waals surface area (Å²) in [5, 5.41) is 9.22. The summed E-state index contributed by atoms with van der Waals surface area (Å²) in [6.07, 6.45) is 0. The number of benzene rings is 2. The molecule has 0 saturated heterocycles. The predicted octanol–water partition coefficient (Wildman–Crippen LogP) is 4.71. The smallest absolute Gasteiger partial charge is 0.129 e. The van der Waals surface area contributed by atoms with Gasteiger partial charge in [-0.15, -0.1) is 11.6 Å². The summed E-state index contributed by atoms with van der Waals surface area (Å²) in [4.78, 5) is 4.52. The Kier molecular flexibility index (Phi) is 3.71. The lowest BCUT2D eigenvalue weighted by molar-refractivity contribution is 0.980. The van der Waals surface area contributed by atoms with E-state index in [9.17, 15) is 5.26 Å². The van der Waals surface area contributed by atoms with Crippen molar-refractivity contribution in [1.29, 1.82) is 5.26 Å². The minimum atomic E-state index is 0.283. The maximum absolute atomic E-state index is 9.22. The van der Waals surface area contributed by atoms with Gasteiger partial charge in [0.1, 0.15) is 17.4 Å². The fraction of sp³-hybridized carbons (Fsp3) is 0.125. The molecule has 0 saturated carbocycles. The normalized spacial score (nSPS) is 10.8. The molecule has 0 spiro atoms. The summed E-state index contributed by atoms with van der Waals surface area (Å²) in [7, 11) is 0. The molecule has 21 heavy (non-hydrogen) atoms. The molecule has 5 heteroatoms. The Hall–Kier alpha value is -1.83. The van der Waals surface area contributed by atoms with E-state index in [0.29, 0.717) is 11.1 Å². The van der Waals surface area contributed by atoms with E-state index in [1.807, 2.05) is 41.8 Å². The summed E-state index contributed by atoms with van der Waals surface area (Å²) < 4.78 is 3.02. The molecule has 0 aliphatic heterocycles. The molecule has 0 aliphatic rings. The Morgan fingerprint density at radius 1 is 1.33 bits per heavy atom. The first kappa shape index (κ1) is 14.1. The van der Waals surface area contributed by atoms with Crippen LogP contribution in [0.25, 0.3) is 16.7 Å². The Morgan fingerprint density at radius 3 is 2.81 bits per heavy atom. The molecule has 0 atom stereocenters. The van der Waals surface area contributed by atoms with Gasteiger partial charge in [0.25, 0.3) is 0 Å². The molecule has 2 aromatic carbocycles. The van der Waals surface area contributed by atoms with Crippen LogP contribution in [0.3, 0.4) is 0 Å². The molecular weight excluding hydrogens is 350 g/mol. The zero-order chi connectivity index (χ0) is 15.0. The van der Waals surface area contributed by atoms with Gasteiger partial charge in [0, 0.05) is 10.2 Å². The standard InChI is InChI=1S/C16H11BrClN3/c1-10-5-6-12(7-13(10)17)21-14-4-2-3-11(9-19)16(14)20-15(21)8-18/h2-7H,8H2,1H3. The molecule has 3 aromatic rings. The second-order valence-electron chi connectivity index (χ2n) is 4.72. The van der Waals surface area contributed by atoms with E-state index >= 15 is 0 Å². The number of hydrogen-bond donors (Lipinski definition) is 0. The summed E-state index contributed by atoms with van der Waals surface area (Å²) in [6.45, 7) is 2.04. The van der Waals surface area contributed by atoms with Gasteiger partial charge in [-0.3, -0.25) is 4.57 Å². The highest BCUT2D eigenvalue weighted by atomic mass is 79.9. The second-order valence-corrected chi connectivity index (χ2v) is 5.84. The van der Waals surface area contributed by atoms with Crippen LogP contribution >= 0.6 is 27.5 Å². The van der Waals surface area contributed by atoms with Crippen molar-refractivity contribution in [3.63, 3.8) is 0 Å². The number of nitrogens with zero attached hydrogens (tertiary/aromatic N) is 3. The molecule has 1 aromatic heterocycles. The van der Waals surface area contributed by atoms with Gasteiger partial charge in [0.05, 0.1) is 17.0 Å². The largest absolute Gasteiger partial charge is 0.295 e. The number of halogens is 2. The third-order valence-electron chi connectivity index (χ3n) is 3.41. The topological polar surface area (TPSA) is 41.6 Å². The first-order chi connectivity index (χ1) is 10.2. The van der Waals surface area contributed by atoms with Gasteiger partial charge in [-0.25, -0.2) is 4.98 Å². The van der Waals surface area contributed by atoms with Crippen molar-refractivity contribution >= 4 is 38.6 Å². The van der Waals surface area contributed by atoms with E-state index in [0.717, 1.165) is 27.1 Å². The molecule has 0 aliphatic carbocycles. The first-order valence-electron chi connectivity index (χ1n) is 6.38. The molecule has 0 amide bonds. The van der Waals surface area contributed by atoms with Crippen LogP contribution in [0.1, 0.15) is 17.0 Å². The van der Waals surface area contributed by atoms with Gasteiger partial charge in [0.2, 0.25) is 0 Å². The highest BCUT2D eigenvalue weighted by Gasteiger charge is 2.14. The minimum Gasteiger partial charge on any atom is -0.295 e. The fourth-order valence-electron chi connectivity index (χ4n) is 2.34. The van der Waals surface area contributed by atoms with Crippen molar-refractivity contribution < 1.29 is 0 Å². The second kappa shape index (κ2) is 5.51. The summed E-state index contributed by atoms with van der Waals surface area (Å²) >= 11 is 9.59. The number of hydrogen-bond acceptors (Lipinski definition) is 2. The van der Waals surface area contributed by atoms with Gasteiger partial charge in [-0.2, -0.15) is 5.26 Å². The zero-order valence-corrected chi connectivity index (χ0v) is 13.6. The maximum atomic E-state index is 9.22. The van der Waals surface area contributed by atoms with Gasteiger partial charge >= 0.3 is 0 Å². The SMILES string of the molecule is Cc1ccc(-n2c(CCl)nc3c(C#N)cccc32)cc1Br. The van der Waals surface area contributed by atoms with Crippen LogP contribution in [0.4, 0.5) is 0 Å². The van der Waals surface area contributed by atoms with Crippen LogP contribution in [0.5, 0.6) is 0 Å². The third kappa shape index (κ3) is 2.33. The summed E-state index contributed by atoms with van der Waals surface area (Å²) in [5.74, 6) is 1.01. The van der Waals surface area contributed by atoms with Crippen molar-refractivity contribution in [2.45, 2.75) is 12.8 Å². The Labute approximate surface area is 135 Å². The van der Waals surface area contributed by atoms with Gasteiger partial charge < -0.3 is 0 Å². The van der Waals surface area contributed by atoms with Gasteiger partial charge in [-0.1, -0.05) is 28.1 Å². The molecule has 3 rings (SSSR count). The third-order valence-corrected chi connectivity index (χ3v) is 4.50. The maximum Gasteiger partial charge on any atom is 0.129 e. The lowest BCUT2D eigenvalue weighted by atomic mass is 10.2. The molecule has 0 fully saturated rings. The first-order valence-corrected chi connectivity index (χ1v) is 7.71. The minimum absolute atomic E-state index is 0.283. The molecule has 104 valence electrons. The Bertz CT molecular complexity index is 877. The van der Waals surface area contributed by atoms with Crippen LogP contribution < -0.4 is 0 Å². The Morgan fingerprint density at radius 2 is 2.14 bits per heavy atom. The summed E-state index contributed by atoms with van der Waals surface area (Å²) in [6, 6.07) is 13.9. The van der Waals surface area contributed by atoms with Crippen molar-refractivity contribution in [3.05, 3.63) is 57.8 Å². The molecule has 3 nitrogen and oxygen atoms in total. The van der Waals surface area contributed by atoms with Crippen LogP contribution in [0.2, 0.25) is 0 Å². The lowest BCUT2D eigenvalue weighted by Gasteiger charge is -2.09. The van der Waals surface area contributed by atoms with E-state index in [-0.39, 0.29) is 5.88 Å². The number of rotatable bonds is 2. The Balaban J connectivity index is 2.35. The van der Waals surface area contributed by atoms with Crippen molar-refractivity contribution in [2.24, 2.45) is 0 Å². The van der Waals surface area contributed by atoms with E-state index in [4.69, 9.17) is 11.6 Å². The van der Waals surface area contributed by atoms with Crippen molar-refractivity contribution in [3.8, 4) is 11.8 Å². The highest BCUT2D eigenvalue weighted by Crippen LogP contribution is 2.27. The highest BCUT2D eigenvalue weighted by molar-refractivity contribution is 9.10. The summed E-state index contributed by atoms with van der Waals surface area (Å²) in [5.41, 5.74) is 4.27. The molecule has 1 heterocycles. The number of nitriles is 1. The monoisotopic (exact) mass is 359 g/mol.